The average Bonchev–Trinajstić information content (AvgIpc) is 3.43. The van der Waals surface area contributed by atoms with E-state index in [1.165, 1.54) is 52.2 Å². The average molecular weight is 425 g/mol. The van der Waals surface area contributed by atoms with E-state index >= 15 is 0 Å². The summed E-state index contributed by atoms with van der Waals surface area (Å²) < 4.78 is 8.06. The van der Waals surface area contributed by atoms with Gasteiger partial charge in [-0.25, -0.2) is 0 Å². The summed E-state index contributed by atoms with van der Waals surface area (Å²) in [6.45, 7) is 0. The van der Waals surface area contributed by atoms with Crippen molar-refractivity contribution in [2.75, 3.05) is 7.11 Å². The normalized spacial score (nSPS) is 11.8. The van der Waals surface area contributed by atoms with Gasteiger partial charge in [0.15, 0.2) is 0 Å². The number of ether oxygens (including phenoxy) is 1. The van der Waals surface area contributed by atoms with E-state index in [1.807, 2.05) is 34.8 Å². The minimum atomic E-state index is 0.916. The first-order chi connectivity index (χ1) is 14.8. The van der Waals surface area contributed by atoms with E-state index in [0.29, 0.717) is 0 Å². The highest BCUT2D eigenvalue weighted by Crippen LogP contribution is 2.38. The van der Waals surface area contributed by atoms with E-state index in [0.717, 1.165) is 18.6 Å². The summed E-state index contributed by atoms with van der Waals surface area (Å²) in [5, 5.41) is 10.3. The number of hydrogen-bond acceptors (Lipinski definition) is 3. The summed E-state index contributed by atoms with van der Waals surface area (Å²) in [5.74, 6) is 0.916. The quantitative estimate of drug-likeness (QED) is 0.259. The van der Waals surface area contributed by atoms with Crippen LogP contribution < -0.4 is 4.74 Å². The van der Waals surface area contributed by atoms with Gasteiger partial charge in [-0.05, 0) is 81.7 Å². The first-order valence-electron chi connectivity index (χ1n) is 10.2. The van der Waals surface area contributed by atoms with Gasteiger partial charge in [0.05, 0.1) is 7.11 Å². The zero-order valence-corrected chi connectivity index (χ0v) is 18.3. The second-order valence-electron chi connectivity index (χ2n) is 7.74. The number of rotatable bonds is 4. The lowest BCUT2D eigenvalue weighted by atomic mass is 10.0. The third-order valence-corrected chi connectivity index (χ3v) is 8.13. The summed E-state index contributed by atoms with van der Waals surface area (Å²) in [5.41, 5.74) is 1.35. The highest BCUT2D eigenvalue weighted by Gasteiger charge is 2.10. The van der Waals surface area contributed by atoms with Crippen LogP contribution in [0.15, 0.2) is 78.2 Å². The van der Waals surface area contributed by atoms with Crippen LogP contribution in [0.4, 0.5) is 0 Å². The zero-order chi connectivity index (χ0) is 20.1. The van der Waals surface area contributed by atoms with Gasteiger partial charge in [-0.2, -0.15) is 0 Å². The van der Waals surface area contributed by atoms with E-state index in [9.17, 15) is 0 Å². The van der Waals surface area contributed by atoms with Gasteiger partial charge in [0, 0.05) is 25.0 Å². The van der Waals surface area contributed by atoms with E-state index in [4.69, 9.17) is 4.74 Å². The second kappa shape index (κ2) is 7.12. The highest BCUT2D eigenvalue weighted by atomic mass is 32.1. The minimum absolute atomic E-state index is 0.916. The van der Waals surface area contributed by atoms with Crippen molar-refractivity contribution in [3.05, 3.63) is 88.6 Å². The van der Waals surface area contributed by atoms with Crippen LogP contribution in [-0.4, -0.2) is 7.11 Å². The Kier molecular flexibility index (Phi) is 4.26. The lowest BCUT2D eigenvalue weighted by molar-refractivity contribution is 0.414. The number of thiophene rings is 2. The SMILES string of the molecule is COc1ccc(CCc2cc3ccc4cc5c(ccc6ccsc65)cc4c3s2)cc1. The van der Waals surface area contributed by atoms with Crippen molar-refractivity contribution in [1.82, 2.24) is 0 Å². The maximum absolute atomic E-state index is 5.26. The first kappa shape index (κ1) is 17.9. The molecule has 0 amide bonds. The van der Waals surface area contributed by atoms with Crippen molar-refractivity contribution in [3.8, 4) is 5.75 Å². The third-order valence-electron chi connectivity index (χ3n) is 5.92. The fraction of sp³-hybridized carbons (Fsp3) is 0.111. The Hall–Kier alpha value is -2.88. The van der Waals surface area contributed by atoms with Gasteiger partial charge >= 0.3 is 0 Å². The summed E-state index contributed by atoms with van der Waals surface area (Å²) in [6.07, 6.45) is 2.12. The molecule has 6 rings (SSSR count). The summed E-state index contributed by atoms with van der Waals surface area (Å²) in [7, 11) is 1.71. The van der Waals surface area contributed by atoms with Crippen molar-refractivity contribution >= 4 is 64.4 Å². The number of benzene rings is 4. The number of fused-ring (bicyclic) bond motifs is 6. The molecule has 6 aromatic rings. The molecule has 0 radical (unpaired) electrons. The lowest BCUT2D eigenvalue weighted by Gasteiger charge is -2.05. The van der Waals surface area contributed by atoms with Gasteiger partial charge in [0.2, 0.25) is 0 Å². The van der Waals surface area contributed by atoms with Crippen LogP contribution in [0, 0.1) is 0 Å². The lowest BCUT2D eigenvalue weighted by Crippen LogP contribution is -1.89. The van der Waals surface area contributed by atoms with Crippen molar-refractivity contribution in [2.45, 2.75) is 12.8 Å². The topological polar surface area (TPSA) is 9.23 Å². The molecule has 1 nitrogen and oxygen atoms in total. The van der Waals surface area contributed by atoms with Crippen LogP contribution in [0.1, 0.15) is 10.4 Å². The van der Waals surface area contributed by atoms with Gasteiger partial charge < -0.3 is 4.74 Å². The molecule has 0 atom stereocenters. The standard InChI is InChI=1S/C27H20OS2/c1-28-22-9-2-17(3-10-22)4-11-23-14-21-8-7-20-15-24-19(16-25(20)27(21)30-23)6-5-18-12-13-29-26(18)24/h2-3,5-10,12-16H,4,11H2,1H3. The van der Waals surface area contributed by atoms with Gasteiger partial charge in [-0.15, -0.1) is 22.7 Å². The molecule has 0 saturated carbocycles. The van der Waals surface area contributed by atoms with Crippen molar-refractivity contribution in [2.24, 2.45) is 0 Å². The van der Waals surface area contributed by atoms with E-state index in [1.54, 1.807) is 7.11 Å². The van der Waals surface area contributed by atoms with E-state index < -0.39 is 0 Å². The molecule has 30 heavy (non-hydrogen) atoms. The molecule has 0 fully saturated rings. The molecule has 2 aromatic heterocycles. The molecule has 0 aliphatic rings. The summed E-state index contributed by atoms with van der Waals surface area (Å²) >= 11 is 3.78. The molecule has 146 valence electrons. The second-order valence-corrected chi connectivity index (χ2v) is 9.80. The molecule has 0 unspecified atom stereocenters. The zero-order valence-electron chi connectivity index (χ0n) is 16.6. The van der Waals surface area contributed by atoms with Crippen molar-refractivity contribution in [1.29, 1.82) is 0 Å². The molecular formula is C27H20OS2. The molecule has 4 aromatic carbocycles. The Bertz CT molecular complexity index is 1520. The number of aryl methyl sites for hydroxylation is 2. The van der Waals surface area contributed by atoms with Crippen LogP contribution in [0.5, 0.6) is 5.75 Å². The molecular weight excluding hydrogens is 404 g/mol. The molecule has 0 aliphatic heterocycles. The van der Waals surface area contributed by atoms with Crippen LogP contribution >= 0.6 is 22.7 Å². The monoisotopic (exact) mass is 424 g/mol. The fourth-order valence-electron chi connectivity index (χ4n) is 4.31. The number of hydrogen-bond donors (Lipinski definition) is 0. The van der Waals surface area contributed by atoms with E-state index in [2.05, 4.69) is 66.0 Å². The number of methoxy groups -OCH3 is 1. The van der Waals surface area contributed by atoms with Crippen LogP contribution in [0.25, 0.3) is 41.7 Å². The smallest absolute Gasteiger partial charge is 0.118 e. The Morgan fingerprint density at radius 3 is 2.13 bits per heavy atom. The molecule has 0 N–H and O–H groups in total. The minimum Gasteiger partial charge on any atom is -0.497 e. The van der Waals surface area contributed by atoms with Crippen LogP contribution in [-0.2, 0) is 12.8 Å². The predicted molar refractivity (Wildman–Crippen MR) is 133 cm³/mol. The third kappa shape index (κ3) is 2.97. The summed E-state index contributed by atoms with van der Waals surface area (Å²) in [4.78, 5) is 1.45. The molecule has 0 bridgehead atoms. The Balaban J connectivity index is 1.40. The van der Waals surface area contributed by atoms with Crippen molar-refractivity contribution < 1.29 is 4.74 Å². The molecule has 2 heterocycles. The van der Waals surface area contributed by atoms with E-state index in [-0.39, 0.29) is 0 Å². The molecule has 0 spiro atoms. The van der Waals surface area contributed by atoms with Gasteiger partial charge in [0.1, 0.15) is 5.75 Å². The van der Waals surface area contributed by atoms with Crippen molar-refractivity contribution in [3.63, 3.8) is 0 Å². The predicted octanol–water partition coefficient (Wildman–Crippen LogP) is 8.22. The summed E-state index contributed by atoms with van der Waals surface area (Å²) in [6, 6.07) is 26.8. The maximum Gasteiger partial charge on any atom is 0.118 e. The molecule has 0 saturated heterocycles. The van der Waals surface area contributed by atoms with Crippen LogP contribution in [0.2, 0.25) is 0 Å². The van der Waals surface area contributed by atoms with Gasteiger partial charge in [0.25, 0.3) is 0 Å². The fourth-order valence-corrected chi connectivity index (χ4v) is 6.42. The molecule has 0 aliphatic carbocycles. The van der Waals surface area contributed by atoms with Gasteiger partial charge in [-0.3, -0.25) is 0 Å². The van der Waals surface area contributed by atoms with Crippen LogP contribution in [0.3, 0.4) is 0 Å². The largest absolute Gasteiger partial charge is 0.497 e. The van der Waals surface area contributed by atoms with Gasteiger partial charge in [-0.1, -0.05) is 36.4 Å². The maximum atomic E-state index is 5.26. The Labute approximate surface area is 183 Å². The molecule has 3 heteroatoms. The highest BCUT2D eigenvalue weighted by molar-refractivity contribution is 7.20. The Morgan fingerprint density at radius 1 is 0.667 bits per heavy atom. The Morgan fingerprint density at radius 2 is 1.37 bits per heavy atom. The first-order valence-corrected chi connectivity index (χ1v) is 11.9.